The Morgan fingerprint density at radius 1 is 1.11 bits per heavy atom. The fraction of sp³-hybridized carbons (Fsp3) is 0.600. The Kier molecular flexibility index (Phi) is 8.55. The summed E-state index contributed by atoms with van der Waals surface area (Å²) in [7, 11) is -2.25. The van der Waals surface area contributed by atoms with Crippen LogP contribution in [0.2, 0.25) is 18.1 Å². The highest BCUT2D eigenvalue weighted by Gasteiger charge is 2.45. The Balaban J connectivity index is 2.63. The molecule has 0 unspecified atom stereocenters. The van der Waals surface area contributed by atoms with Gasteiger partial charge in [-0.2, -0.15) is 13.2 Å². The lowest BCUT2D eigenvalue weighted by molar-refractivity contribution is -0.185. The topological polar surface area (TPSA) is 38.7 Å². The summed E-state index contributed by atoms with van der Waals surface area (Å²) in [6, 6.07) is 9.28. The van der Waals surface area contributed by atoms with Gasteiger partial charge in [-0.05, 0) is 23.7 Å². The van der Waals surface area contributed by atoms with Crippen LogP contribution in [0.4, 0.5) is 13.2 Å². The van der Waals surface area contributed by atoms with E-state index in [2.05, 4.69) is 11.8 Å². The first kappa shape index (κ1) is 23.7. The van der Waals surface area contributed by atoms with E-state index in [9.17, 15) is 18.3 Å². The van der Waals surface area contributed by atoms with E-state index in [4.69, 9.17) is 9.16 Å². The average Bonchev–Trinajstić information content (AvgIpc) is 2.54. The van der Waals surface area contributed by atoms with Gasteiger partial charge in [-0.15, -0.1) is 0 Å². The lowest BCUT2D eigenvalue weighted by Gasteiger charge is -2.37. The molecular formula is C20H29F3O3Si. The maximum Gasteiger partial charge on any atom is 0.405 e. The van der Waals surface area contributed by atoms with Crippen LogP contribution in [-0.2, 0) is 15.8 Å². The molecule has 0 spiro atoms. The largest absolute Gasteiger partial charge is 0.414 e. The van der Waals surface area contributed by atoms with Gasteiger partial charge in [0.25, 0.3) is 0 Å². The summed E-state index contributed by atoms with van der Waals surface area (Å²) in [4.78, 5) is 0. The van der Waals surface area contributed by atoms with Crippen LogP contribution >= 0.6 is 0 Å². The van der Waals surface area contributed by atoms with Crippen LogP contribution in [-0.4, -0.2) is 38.9 Å². The van der Waals surface area contributed by atoms with E-state index in [-0.39, 0.29) is 24.9 Å². The zero-order valence-electron chi connectivity index (χ0n) is 16.6. The van der Waals surface area contributed by atoms with E-state index in [1.165, 1.54) is 0 Å². The third-order valence-electron chi connectivity index (χ3n) is 4.70. The predicted octanol–water partition coefficient (Wildman–Crippen LogP) is 4.77. The number of rotatable bonds is 7. The molecule has 0 aliphatic rings. The van der Waals surface area contributed by atoms with Gasteiger partial charge in [-0.1, -0.05) is 62.9 Å². The number of aliphatic hydroxyl groups excluding tert-OH is 1. The second-order valence-corrected chi connectivity index (χ2v) is 12.8. The second kappa shape index (κ2) is 9.74. The minimum atomic E-state index is -4.64. The minimum absolute atomic E-state index is 0.142. The molecule has 1 N–H and O–H groups in total. The zero-order chi connectivity index (χ0) is 20.7. The molecule has 0 aliphatic heterocycles. The monoisotopic (exact) mass is 402 g/mol. The van der Waals surface area contributed by atoms with Crippen LogP contribution in [0.3, 0.4) is 0 Å². The van der Waals surface area contributed by atoms with Crippen LogP contribution in [0.1, 0.15) is 26.3 Å². The zero-order valence-corrected chi connectivity index (χ0v) is 17.6. The quantitative estimate of drug-likeness (QED) is 0.406. The molecule has 1 aromatic rings. The fourth-order valence-corrected chi connectivity index (χ4v) is 2.97. The SMILES string of the molecule is CC(C)(C)[Si](C)(C)OC[C@H](O)[C@@H](C#CCOCc1ccccc1)C(F)(F)F. The van der Waals surface area contributed by atoms with E-state index in [1.54, 1.807) is 0 Å². The molecule has 2 atom stereocenters. The molecule has 1 aromatic carbocycles. The molecule has 0 saturated heterocycles. The number of ether oxygens (including phenoxy) is 1. The molecule has 27 heavy (non-hydrogen) atoms. The predicted molar refractivity (Wildman–Crippen MR) is 103 cm³/mol. The summed E-state index contributed by atoms with van der Waals surface area (Å²) in [5.41, 5.74) is 0.912. The second-order valence-electron chi connectivity index (χ2n) is 7.96. The van der Waals surface area contributed by atoms with E-state index < -0.39 is 26.5 Å². The summed E-state index contributed by atoms with van der Waals surface area (Å²) >= 11 is 0. The van der Waals surface area contributed by atoms with Crippen molar-refractivity contribution < 1.29 is 27.4 Å². The lowest BCUT2D eigenvalue weighted by Crippen LogP contribution is -2.45. The van der Waals surface area contributed by atoms with Gasteiger partial charge in [0, 0.05) is 0 Å². The molecule has 3 nitrogen and oxygen atoms in total. The molecule has 0 heterocycles. The molecular weight excluding hydrogens is 373 g/mol. The minimum Gasteiger partial charge on any atom is -0.414 e. The smallest absolute Gasteiger partial charge is 0.405 e. The van der Waals surface area contributed by atoms with Gasteiger partial charge in [0.2, 0.25) is 0 Å². The van der Waals surface area contributed by atoms with Gasteiger partial charge in [-0.25, -0.2) is 0 Å². The van der Waals surface area contributed by atoms with Gasteiger partial charge in [-0.3, -0.25) is 0 Å². The molecule has 0 fully saturated rings. The molecule has 0 bridgehead atoms. The van der Waals surface area contributed by atoms with Crippen molar-refractivity contribution in [3.8, 4) is 11.8 Å². The van der Waals surface area contributed by atoms with Crippen molar-refractivity contribution in [2.24, 2.45) is 5.92 Å². The van der Waals surface area contributed by atoms with Crippen LogP contribution in [0.15, 0.2) is 30.3 Å². The number of hydrogen-bond acceptors (Lipinski definition) is 3. The van der Waals surface area contributed by atoms with Crippen molar-refractivity contribution in [1.29, 1.82) is 0 Å². The molecule has 1 rings (SSSR count). The molecule has 0 aliphatic carbocycles. The molecule has 7 heteroatoms. The van der Waals surface area contributed by atoms with E-state index in [1.807, 2.05) is 64.2 Å². The third-order valence-corrected chi connectivity index (χ3v) is 9.20. The van der Waals surface area contributed by atoms with Gasteiger partial charge in [0.1, 0.15) is 12.5 Å². The van der Waals surface area contributed by atoms with Gasteiger partial charge >= 0.3 is 6.18 Å². The standard InChI is InChI=1S/C20H29F3O3Si/c1-19(2,3)27(4,5)26-15-18(24)17(20(21,22)23)12-9-13-25-14-16-10-7-6-8-11-16/h6-8,10-11,17-18,24H,13-15H2,1-5H3/t17-,18+/m1/s1. The van der Waals surface area contributed by atoms with Crippen molar-refractivity contribution in [3.63, 3.8) is 0 Å². The first-order valence-electron chi connectivity index (χ1n) is 8.83. The number of benzene rings is 1. The first-order valence-corrected chi connectivity index (χ1v) is 11.7. The summed E-state index contributed by atoms with van der Waals surface area (Å²) in [6.07, 6.45) is -6.37. The maximum absolute atomic E-state index is 13.3. The summed E-state index contributed by atoms with van der Waals surface area (Å²) in [6.45, 7) is 9.53. The van der Waals surface area contributed by atoms with E-state index >= 15 is 0 Å². The van der Waals surface area contributed by atoms with E-state index in [0.29, 0.717) is 0 Å². The highest BCUT2D eigenvalue weighted by molar-refractivity contribution is 6.74. The van der Waals surface area contributed by atoms with Gasteiger partial charge < -0.3 is 14.3 Å². The number of aliphatic hydroxyl groups is 1. The highest BCUT2D eigenvalue weighted by atomic mass is 28.4. The lowest BCUT2D eigenvalue weighted by atomic mass is 10.0. The maximum atomic E-state index is 13.3. The fourth-order valence-electron chi connectivity index (χ4n) is 1.95. The van der Waals surface area contributed by atoms with Crippen LogP contribution < -0.4 is 0 Å². The number of hydrogen-bond donors (Lipinski definition) is 1. The Hall–Kier alpha value is -1.33. The Bertz CT molecular complexity index is 628. The summed E-state index contributed by atoms with van der Waals surface area (Å²) in [5, 5.41) is 9.89. The van der Waals surface area contributed by atoms with Crippen molar-refractivity contribution >= 4 is 8.32 Å². The van der Waals surface area contributed by atoms with Crippen LogP contribution in [0.25, 0.3) is 0 Å². The van der Waals surface area contributed by atoms with Gasteiger partial charge in [0.15, 0.2) is 8.32 Å². The molecule has 152 valence electrons. The Labute approximate surface area is 161 Å². The highest BCUT2D eigenvalue weighted by Crippen LogP contribution is 2.37. The Morgan fingerprint density at radius 2 is 1.70 bits per heavy atom. The molecule has 0 amide bonds. The third kappa shape index (κ3) is 8.05. The van der Waals surface area contributed by atoms with Crippen molar-refractivity contribution in [2.45, 2.75) is 57.8 Å². The average molecular weight is 403 g/mol. The summed E-state index contributed by atoms with van der Waals surface area (Å²) < 4.78 is 50.7. The molecule has 0 aromatic heterocycles. The normalized spacial score (nSPS) is 15.0. The molecule has 0 radical (unpaired) electrons. The van der Waals surface area contributed by atoms with Gasteiger partial charge in [0.05, 0.1) is 19.3 Å². The van der Waals surface area contributed by atoms with Crippen molar-refractivity contribution in [2.75, 3.05) is 13.2 Å². The van der Waals surface area contributed by atoms with Crippen LogP contribution in [0, 0.1) is 17.8 Å². The molecule has 0 saturated carbocycles. The number of halogens is 3. The van der Waals surface area contributed by atoms with E-state index in [0.717, 1.165) is 5.56 Å². The van der Waals surface area contributed by atoms with Crippen LogP contribution in [0.5, 0.6) is 0 Å². The van der Waals surface area contributed by atoms with Crippen molar-refractivity contribution in [3.05, 3.63) is 35.9 Å². The summed E-state index contributed by atoms with van der Waals surface area (Å²) in [5.74, 6) is 2.32. The number of alkyl halides is 3. The van der Waals surface area contributed by atoms with Crippen molar-refractivity contribution in [1.82, 2.24) is 0 Å². The Morgan fingerprint density at radius 3 is 2.22 bits per heavy atom. The first-order chi connectivity index (χ1) is 12.3.